The number of hydrogen-bond donors (Lipinski definition) is 1. The van der Waals surface area contributed by atoms with Crippen molar-refractivity contribution in [2.45, 2.75) is 52.2 Å². The number of aromatic nitrogens is 2. The van der Waals surface area contributed by atoms with Crippen LogP contribution >= 0.6 is 0 Å². The molecule has 1 aliphatic rings. The summed E-state index contributed by atoms with van der Waals surface area (Å²) in [4.78, 5) is 33.1. The molecule has 1 fully saturated rings. The second kappa shape index (κ2) is 11.6. The van der Waals surface area contributed by atoms with Crippen LogP contribution in [0, 0.1) is 6.92 Å². The summed E-state index contributed by atoms with van der Waals surface area (Å²) in [6.45, 7) is 6.43. The van der Waals surface area contributed by atoms with Crippen LogP contribution in [0.1, 0.15) is 60.4 Å². The first-order valence-electron chi connectivity index (χ1n) is 12.8. The van der Waals surface area contributed by atoms with Crippen LogP contribution in [0.5, 0.6) is 0 Å². The fourth-order valence-corrected chi connectivity index (χ4v) is 4.94. The summed E-state index contributed by atoms with van der Waals surface area (Å²) in [5, 5.41) is 4.75. The number of anilines is 1. The van der Waals surface area contributed by atoms with Crippen LogP contribution in [-0.2, 0) is 16.5 Å². The Morgan fingerprint density at radius 2 is 2.13 bits per heavy atom. The van der Waals surface area contributed by atoms with E-state index in [1.807, 2.05) is 19.1 Å². The number of ether oxygens (including phenoxy) is 2. The van der Waals surface area contributed by atoms with Crippen molar-refractivity contribution in [2.24, 2.45) is 17.8 Å². The molecule has 10 nitrogen and oxygen atoms in total. The Balaban J connectivity index is 2.00. The number of carbonyl (C=O) groups is 2. The second-order valence-corrected chi connectivity index (χ2v) is 9.33. The van der Waals surface area contributed by atoms with E-state index in [0.717, 1.165) is 17.5 Å². The highest BCUT2D eigenvalue weighted by Crippen LogP contribution is 2.41. The molecule has 1 amide bonds. The standard InChI is InChI=1S/C28H35N5O5/c1-6-21-11-20(8-9-37-21)33(28(35)36-7-2)25-23-12-22(18(13-29)14-30-4)17(3)10-24(23)38-27(25)26(34)19-15-31-32(5)16-19/h10,12-16,20-21H,6-9,11,29H2,1-5H3/t20-,21-/m0/s1. The van der Waals surface area contributed by atoms with Crippen LogP contribution in [0.3, 0.4) is 0 Å². The number of benzene rings is 1. The number of rotatable bonds is 8. The molecule has 0 spiro atoms. The van der Waals surface area contributed by atoms with Gasteiger partial charge in [-0.2, -0.15) is 5.10 Å². The quantitative estimate of drug-likeness (QED) is 0.338. The Kier molecular flexibility index (Phi) is 8.31. The molecular weight excluding hydrogens is 486 g/mol. The maximum atomic E-state index is 13.8. The molecule has 202 valence electrons. The fourth-order valence-electron chi connectivity index (χ4n) is 4.94. The molecule has 3 heterocycles. The number of fused-ring (bicyclic) bond motifs is 1. The van der Waals surface area contributed by atoms with Gasteiger partial charge in [0.25, 0.3) is 0 Å². The fraction of sp³-hybridized carbons (Fsp3) is 0.429. The average molecular weight is 522 g/mol. The predicted molar refractivity (Wildman–Crippen MR) is 147 cm³/mol. The molecule has 2 aromatic heterocycles. The van der Waals surface area contributed by atoms with E-state index in [4.69, 9.17) is 19.6 Å². The van der Waals surface area contributed by atoms with E-state index in [1.54, 1.807) is 43.0 Å². The largest absolute Gasteiger partial charge is 0.450 e. The average Bonchev–Trinajstić information content (AvgIpc) is 3.50. The molecule has 0 bridgehead atoms. The van der Waals surface area contributed by atoms with Crippen LogP contribution in [0.25, 0.3) is 16.5 Å². The highest BCUT2D eigenvalue weighted by molar-refractivity contribution is 6.18. The number of hydrogen-bond acceptors (Lipinski definition) is 8. The number of amides is 1. The van der Waals surface area contributed by atoms with Crippen molar-refractivity contribution < 1.29 is 23.5 Å². The minimum absolute atomic E-state index is 0.00772. The van der Waals surface area contributed by atoms with Crippen molar-refractivity contribution in [1.29, 1.82) is 0 Å². The van der Waals surface area contributed by atoms with E-state index < -0.39 is 6.09 Å². The van der Waals surface area contributed by atoms with Gasteiger partial charge in [0.1, 0.15) is 11.3 Å². The molecule has 2 atom stereocenters. The lowest BCUT2D eigenvalue weighted by Crippen LogP contribution is -2.46. The van der Waals surface area contributed by atoms with Gasteiger partial charge in [0.15, 0.2) is 5.76 Å². The molecule has 38 heavy (non-hydrogen) atoms. The number of carbonyl (C=O) groups excluding carboxylic acids is 2. The van der Waals surface area contributed by atoms with Crippen molar-refractivity contribution >= 4 is 40.3 Å². The number of aliphatic imine (C=N–C) groups is 1. The maximum absolute atomic E-state index is 13.8. The van der Waals surface area contributed by atoms with E-state index >= 15 is 0 Å². The van der Waals surface area contributed by atoms with E-state index in [9.17, 15) is 9.59 Å². The van der Waals surface area contributed by atoms with Crippen molar-refractivity contribution in [3.05, 3.63) is 53.2 Å². The molecule has 0 unspecified atom stereocenters. The molecule has 1 aliphatic heterocycles. The van der Waals surface area contributed by atoms with Crippen LogP contribution < -0.4 is 10.6 Å². The SMILES string of the molecule is CCOC(=O)N(c1c(C(=O)c2cnn(C)c2)oc2cc(C)c(C(C=NC)=CN)cc12)[C@H]1CCO[C@@H](CC)C1. The molecule has 10 heteroatoms. The predicted octanol–water partition coefficient (Wildman–Crippen LogP) is 4.63. The number of nitrogens with zero attached hydrogens (tertiary/aromatic N) is 4. The lowest BCUT2D eigenvalue weighted by atomic mass is 9.96. The molecule has 3 aromatic rings. The monoisotopic (exact) mass is 521 g/mol. The van der Waals surface area contributed by atoms with Crippen LogP contribution in [0.4, 0.5) is 10.5 Å². The summed E-state index contributed by atoms with van der Waals surface area (Å²) in [5.74, 6) is -0.318. The number of nitrogens with two attached hydrogens (primary N) is 1. The molecule has 4 rings (SSSR count). The Bertz CT molecular complexity index is 1390. The lowest BCUT2D eigenvalue weighted by Gasteiger charge is -2.36. The third-order valence-corrected chi connectivity index (χ3v) is 6.81. The normalized spacial score (nSPS) is 18.3. The molecule has 0 radical (unpaired) electrons. The second-order valence-electron chi connectivity index (χ2n) is 9.33. The van der Waals surface area contributed by atoms with Crippen molar-refractivity contribution in [1.82, 2.24) is 9.78 Å². The van der Waals surface area contributed by atoms with Gasteiger partial charge in [-0.3, -0.25) is 19.4 Å². The van der Waals surface area contributed by atoms with Crippen molar-refractivity contribution in [3.63, 3.8) is 0 Å². The molecular formula is C28H35N5O5. The van der Waals surface area contributed by atoms with E-state index in [-0.39, 0.29) is 30.3 Å². The summed E-state index contributed by atoms with van der Waals surface area (Å²) < 4.78 is 19.2. The van der Waals surface area contributed by atoms with Crippen LogP contribution in [-0.4, -0.2) is 60.3 Å². The summed E-state index contributed by atoms with van der Waals surface area (Å²) in [6.07, 6.45) is 7.73. The van der Waals surface area contributed by atoms with Crippen molar-refractivity contribution in [2.75, 3.05) is 25.2 Å². The molecule has 0 saturated carbocycles. The van der Waals surface area contributed by atoms with Gasteiger partial charge < -0.3 is 19.6 Å². The van der Waals surface area contributed by atoms with E-state index in [1.165, 1.54) is 12.4 Å². The first-order valence-corrected chi connectivity index (χ1v) is 12.8. The van der Waals surface area contributed by atoms with Gasteiger partial charge in [-0.1, -0.05) is 6.92 Å². The minimum atomic E-state index is -0.538. The Hall–Kier alpha value is -3.92. The minimum Gasteiger partial charge on any atom is -0.450 e. The zero-order valence-electron chi connectivity index (χ0n) is 22.6. The molecule has 1 aromatic carbocycles. The first-order chi connectivity index (χ1) is 18.3. The van der Waals surface area contributed by atoms with Gasteiger partial charge in [-0.25, -0.2) is 4.79 Å². The number of aryl methyl sites for hydroxylation is 2. The number of ketones is 1. The summed E-state index contributed by atoms with van der Waals surface area (Å²) >= 11 is 0. The maximum Gasteiger partial charge on any atom is 0.414 e. The van der Waals surface area contributed by atoms with Gasteiger partial charge in [0.2, 0.25) is 5.78 Å². The van der Waals surface area contributed by atoms with Gasteiger partial charge in [0.05, 0.1) is 24.5 Å². The van der Waals surface area contributed by atoms with Crippen molar-refractivity contribution in [3.8, 4) is 0 Å². The Labute approximate surface area is 222 Å². The summed E-state index contributed by atoms with van der Waals surface area (Å²) in [6, 6.07) is 3.50. The van der Waals surface area contributed by atoms with Gasteiger partial charge in [-0.15, -0.1) is 0 Å². The zero-order valence-corrected chi connectivity index (χ0v) is 22.6. The number of furan rings is 1. The zero-order chi connectivity index (χ0) is 27.4. The van der Waals surface area contributed by atoms with Crippen LogP contribution in [0.15, 0.2) is 40.1 Å². The molecule has 2 N–H and O–H groups in total. The van der Waals surface area contributed by atoms with Gasteiger partial charge in [0, 0.05) is 56.3 Å². The Morgan fingerprint density at radius 3 is 2.76 bits per heavy atom. The molecule has 0 aliphatic carbocycles. The lowest BCUT2D eigenvalue weighted by molar-refractivity contribution is 0.00468. The van der Waals surface area contributed by atoms with Gasteiger partial charge >= 0.3 is 6.09 Å². The number of allylic oxidation sites excluding steroid dienone is 1. The highest BCUT2D eigenvalue weighted by Gasteiger charge is 2.37. The third kappa shape index (κ3) is 5.22. The third-order valence-electron chi connectivity index (χ3n) is 6.81. The Morgan fingerprint density at radius 1 is 1.34 bits per heavy atom. The first kappa shape index (κ1) is 27.1. The van der Waals surface area contributed by atoms with E-state index in [0.29, 0.717) is 47.2 Å². The van der Waals surface area contributed by atoms with Gasteiger partial charge in [-0.05, 0) is 56.4 Å². The summed E-state index contributed by atoms with van der Waals surface area (Å²) in [5.41, 5.74) is 9.54. The topological polar surface area (TPSA) is 125 Å². The highest BCUT2D eigenvalue weighted by atomic mass is 16.6. The summed E-state index contributed by atoms with van der Waals surface area (Å²) in [7, 11) is 3.41. The molecule has 1 saturated heterocycles. The van der Waals surface area contributed by atoms with Crippen LogP contribution in [0.2, 0.25) is 0 Å². The smallest absolute Gasteiger partial charge is 0.414 e. The van der Waals surface area contributed by atoms with E-state index in [2.05, 4.69) is 17.0 Å².